The zero-order valence-electron chi connectivity index (χ0n) is 16.7. The third kappa shape index (κ3) is 4.02. The zero-order chi connectivity index (χ0) is 19.6. The van der Waals surface area contributed by atoms with E-state index in [1.165, 1.54) is 18.4 Å². The number of nitrogens with zero attached hydrogens (tertiary/aromatic N) is 4. The number of hydrogen-bond donors (Lipinski definition) is 0. The van der Waals surface area contributed by atoms with Gasteiger partial charge >= 0.3 is 0 Å². The van der Waals surface area contributed by atoms with E-state index in [1.807, 2.05) is 24.0 Å². The summed E-state index contributed by atoms with van der Waals surface area (Å²) in [4.78, 5) is 25.8. The van der Waals surface area contributed by atoms with Crippen LogP contribution in [0.2, 0.25) is 0 Å². The van der Waals surface area contributed by atoms with Crippen LogP contribution in [-0.2, 0) is 6.54 Å². The molecular formula is C22H28N4O2. The van der Waals surface area contributed by atoms with E-state index in [2.05, 4.69) is 27.0 Å². The van der Waals surface area contributed by atoms with Gasteiger partial charge in [-0.15, -0.1) is 0 Å². The molecule has 1 spiro atoms. The number of hydrogen-bond acceptors (Lipinski definition) is 5. The molecule has 2 aliphatic rings. The molecule has 0 N–H and O–H groups in total. The first-order valence-corrected chi connectivity index (χ1v) is 10.0. The number of aryl methyl sites for hydroxylation is 1. The van der Waals surface area contributed by atoms with E-state index in [-0.39, 0.29) is 11.3 Å². The van der Waals surface area contributed by atoms with E-state index >= 15 is 0 Å². The lowest BCUT2D eigenvalue weighted by atomic mass is 9.79. The van der Waals surface area contributed by atoms with Gasteiger partial charge in [-0.25, -0.2) is 4.98 Å². The number of carbonyl (C=O) groups excluding carboxylic acids is 1. The number of amides is 1. The molecule has 3 heterocycles. The first kappa shape index (κ1) is 18.9. The number of piperidine rings is 1. The quantitative estimate of drug-likeness (QED) is 0.816. The van der Waals surface area contributed by atoms with Crippen LogP contribution in [0.25, 0.3) is 0 Å². The maximum atomic E-state index is 12.8. The molecular weight excluding hydrogens is 352 g/mol. The van der Waals surface area contributed by atoms with Crippen molar-refractivity contribution in [1.82, 2.24) is 19.8 Å². The summed E-state index contributed by atoms with van der Waals surface area (Å²) in [5.74, 6) is 0.912. The summed E-state index contributed by atoms with van der Waals surface area (Å²) in [6, 6.07) is 8.30. The summed E-state index contributed by atoms with van der Waals surface area (Å²) in [5.41, 5.74) is 2.75. The van der Waals surface area contributed by atoms with Crippen LogP contribution in [0, 0.1) is 12.3 Å². The molecule has 0 bridgehead atoms. The van der Waals surface area contributed by atoms with Crippen molar-refractivity contribution < 1.29 is 9.53 Å². The topological polar surface area (TPSA) is 58.6 Å². The zero-order valence-corrected chi connectivity index (χ0v) is 16.7. The Morgan fingerprint density at radius 2 is 2.07 bits per heavy atom. The Hall–Kier alpha value is -2.47. The maximum Gasteiger partial charge on any atom is 0.274 e. The number of ether oxygens (including phenoxy) is 1. The molecule has 4 rings (SSSR count). The Balaban J connectivity index is 1.41. The summed E-state index contributed by atoms with van der Waals surface area (Å²) < 4.78 is 5.35. The van der Waals surface area contributed by atoms with Crippen LogP contribution in [0.1, 0.15) is 41.0 Å². The van der Waals surface area contributed by atoms with Crippen LogP contribution in [0.4, 0.5) is 0 Å². The van der Waals surface area contributed by atoms with Gasteiger partial charge in [0, 0.05) is 37.8 Å². The lowest BCUT2D eigenvalue weighted by Crippen LogP contribution is -2.45. The predicted octanol–water partition coefficient (Wildman–Crippen LogP) is 2.92. The molecule has 1 unspecified atom stereocenters. The fourth-order valence-corrected chi connectivity index (χ4v) is 4.58. The first-order valence-electron chi connectivity index (χ1n) is 10.0. The minimum absolute atomic E-state index is 0.00861. The molecule has 6 nitrogen and oxygen atoms in total. The number of benzene rings is 1. The van der Waals surface area contributed by atoms with Gasteiger partial charge < -0.3 is 9.64 Å². The molecule has 6 heteroatoms. The third-order valence-corrected chi connectivity index (χ3v) is 6.01. The number of likely N-dealkylation sites (tertiary alicyclic amines) is 2. The highest BCUT2D eigenvalue weighted by atomic mass is 16.5. The Morgan fingerprint density at radius 1 is 1.18 bits per heavy atom. The van der Waals surface area contributed by atoms with Gasteiger partial charge in [0.1, 0.15) is 11.4 Å². The number of aromatic nitrogens is 2. The highest BCUT2D eigenvalue weighted by Gasteiger charge is 2.43. The van der Waals surface area contributed by atoms with Crippen LogP contribution in [0.3, 0.4) is 0 Å². The number of rotatable bonds is 4. The van der Waals surface area contributed by atoms with Gasteiger partial charge in [-0.3, -0.25) is 14.7 Å². The molecule has 0 saturated carbocycles. The smallest absolute Gasteiger partial charge is 0.274 e. The fourth-order valence-electron chi connectivity index (χ4n) is 4.58. The Labute approximate surface area is 166 Å². The van der Waals surface area contributed by atoms with Crippen LogP contribution in [0.15, 0.2) is 36.7 Å². The molecule has 1 aromatic carbocycles. The van der Waals surface area contributed by atoms with Crippen molar-refractivity contribution >= 4 is 5.91 Å². The summed E-state index contributed by atoms with van der Waals surface area (Å²) in [5, 5.41) is 0. The fraction of sp³-hybridized carbons (Fsp3) is 0.500. The molecule has 2 saturated heterocycles. The van der Waals surface area contributed by atoms with E-state index < -0.39 is 0 Å². The van der Waals surface area contributed by atoms with Crippen molar-refractivity contribution in [2.24, 2.45) is 5.41 Å². The van der Waals surface area contributed by atoms with Crippen molar-refractivity contribution in [3.8, 4) is 5.75 Å². The van der Waals surface area contributed by atoms with Gasteiger partial charge in [0.05, 0.1) is 19.0 Å². The average molecular weight is 380 g/mol. The van der Waals surface area contributed by atoms with Gasteiger partial charge in [-0.05, 0) is 50.4 Å². The SMILES string of the molecule is COc1cccc(CN2CCCC3(CCN(C(=O)c4cnc(C)cn4)C3)C2)c1. The first-order chi connectivity index (χ1) is 13.6. The Bertz CT molecular complexity index is 839. The summed E-state index contributed by atoms with van der Waals surface area (Å²) in [6.45, 7) is 6.57. The molecule has 0 aliphatic carbocycles. The third-order valence-electron chi connectivity index (χ3n) is 6.01. The van der Waals surface area contributed by atoms with E-state index in [0.717, 1.165) is 50.6 Å². The van der Waals surface area contributed by atoms with E-state index in [9.17, 15) is 4.79 Å². The second-order valence-electron chi connectivity index (χ2n) is 8.19. The highest BCUT2D eigenvalue weighted by Crippen LogP contribution is 2.39. The maximum absolute atomic E-state index is 12.8. The minimum atomic E-state index is 0.00861. The highest BCUT2D eigenvalue weighted by molar-refractivity contribution is 5.92. The van der Waals surface area contributed by atoms with Crippen molar-refractivity contribution in [2.45, 2.75) is 32.7 Å². The predicted molar refractivity (Wildman–Crippen MR) is 107 cm³/mol. The summed E-state index contributed by atoms with van der Waals surface area (Å²) in [6.07, 6.45) is 6.68. The molecule has 148 valence electrons. The molecule has 1 amide bonds. The Morgan fingerprint density at radius 3 is 2.86 bits per heavy atom. The number of methoxy groups -OCH3 is 1. The molecule has 2 aliphatic heterocycles. The van der Waals surface area contributed by atoms with Crippen LogP contribution in [-0.4, -0.2) is 59.0 Å². The monoisotopic (exact) mass is 380 g/mol. The second kappa shape index (κ2) is 7.87. The van der Waals surface area contributed by atoms with Crippen molar-refractivity contribution in [3.05, 3.63) is 53.6 Å². The van der Waals surface area contributed by atoms with Crippen LogP contribution < -0.4 is 4.74 Å². The molecule has 28 heavy (non-hydrogen) atoms. The lowest BCUT2D eigenvalue weighted by Gasteiger charge is -2.40. The molecule has 0 radical (unpaired) electrons. The van der Waals surface area contributed by atoms with Gasteiger partial charge in [-0.1, -0.05) is 12.1 Å². The largest absolute Gasteiger partial charge is 0.497 e. The van der Waals surface area contributed by atoms with E-state index in [4.69, 9.17) is 4.74 Å². The van der Waals surface area contributed by atoms with Gasteiger partial charge in [-0.2, -0.15) is 0 Å². The summed E-state index contributed by atoms with van der Waals surface area (Å²) >= 11 is 0. The normalized spacial score (nSPS) is 22.6. The average Bonchev–Trinajstić information content (AvgIpc) is 3.11. The number of carbonyl (C=O) groups is 1. The van der Waals surface area contributed by atoms with E-state index in [0.29, 0.717) is 5.69 Å². The van der Waals surface area contributed by atoms with Crippen molar-refractivity contribution in [1.29, 1.82) is 0 Å². The Kier molecular flexibility index (Phi) is 5.31. The molecule has 1 aromatic heterocycles. The standard InChI is InChI=1S/C22H28N4O2/c1-17-12-24-20(13-23-17)21(27)26-10-8-22(16-26)7-4-9-25(15-22)14-18-5-3-6-19(11-18)28-2/h3,5-6,11-13H,4,7-10,14-16H2,1-2H3. The van der Waals surface area contributed by atoms with Crippen LogP contribution >= 0.6 is 0 Å². The van der Waals surface area contributed by atoms with Crippen molar-refractivity contribution in [2.75, 3.05) is 33.3 Å². The van der Waals surface area contributed by atoms with Crippen LogP contribution in [0.5, 0.6) is 5.75 Å². The van der Waals surface area contributed by atoms with Gasteiger partial charge in [0.15, 0.2) is 0 Å². The summed E-state index contributed by atoms with van der Waals surface area (Å²) in [7, 11) is 1.71. The van der Waals surface area contributed by atoms with Gasteiger partial charge in [0.25, 0.3) is 5.91 Å². The van der Waals surface area contributed by atoms with Gasteiger partial charge in [0.2, 0.25) is 0 Å². The second-order valence-corrected chi connectivity index (χ2v) is 8.19. The van der Waals surface area contributed by atoms with Crippen molar-refractivity contribution in [3.63, 3.8) is 0 Å². The van der Waals surface area contributed by atoms with E-state index in [1.54, 1.807) is 19.5 Å². The molecule has 2 aromatic rings. The minimum Gasteiger partial charge on any atom is -0.497 e. The molecule has 1 atom stereocenters. The lowest BCUT2D eigenvalue weighted by molar-refractivity contribution is 0.0670. The molecule has 2 fully saturated rings.